The molecule has 0 amide bonds. The summed E-state index contributed by atoms with van der Waals surface area (Å²) in [6.45, 7) is 3.60. The number of carbonyl (C=O) groups excluding carboxylic acids is 2. The molecular weight excluding hydrogens is 312 g/mol. The Labute approximate surface area is 138 Å². The molecule has 0 aliphatic carbocycles. The molecule has 0 fully saturated rings. The third-order valence-corrected chi connectivity index (χ3v) is 3.07. The molecule has 0 radical (unpaired) electrons. The van der Waals surface area contributed by atoms with Crippen molar-refractivity contribution in [1.29, 1.82) is 0 Å². The number of benzene rings is 1. The maximum absolute atomic E-state index is 11.9. The van der Waals surface area contributed by atoms with Crippen molar-refractivity contribution in [2.45, 2.75) is 13.8 Å². The molecule has 0 atom stereocenters. The van der Waals surface area contributed by atoms with Crippen molar-refractivity contribution in [2.75, 3.05) is 18.9 Å². The van der Waals surface area contributed by atoms with Gasteiger partial charge in [-0.25, -0.2) is 15.0 Å². The number of aliphatic imine (C=N–C) groups is 1. The smallest absolute Gasteiger partial charge is 0.325 e. The molecule has 0 saturated carbocycles. The van der Waals surface area contributed by atoms with Gasteiger partial charge in [-0.05, 0) is 32.0 Å². The SMILES string of the molecule is CCOC(=O)C(C=Nc1ncnc2ccc(N)cc12)C(=O)OCC. The Morgan fingerprint density at radius 2 is 1.88 bits per heavy atom. The van der Waals surface area contributed by atoms with Gasteiger partial charge in [0.25, 0.3) is 0 Å². The molecule has 2 rings (SSSR count). The summed E-state index contributed by atoms with van der Waals surface area (Å²) in [6.07, 6.45) is 2.51. The van der Waals surface area contributed by atoms with Crippen LogP contribution < -0.4 is 5.73 Å². The van der Waals surface area contributed by atoms with E-state index in [1.54, 1.807) is 32.0 Å². The third-order valence-electron chi connectivity index (χ3n) is 3.07. The second-order valence-corrected chi connectivity index (χ2v) is 4.73. The number of hydrogen-bond acceptors (Lipinski definition) is 8. The molecule has 126 valence electrons. The number of esters is 2. The molecule has 0 spiro atoms. The zero-order valence-corrected chi connectivity index (χ0v) is 13.4. The summed E-state index contributed by atoms with van der Waals surface area (Å²) in [5.41, 5.74) is 6.95. The Morgan fingerprint density at radius 3 is 2.50 bits per heavy atom. The van der Waals surface area contributed by atoms with Gasteiger partial charge in [0, 0.05) is 17.3 Å². The molecule has 0 unspecified atom stereocenters. The van der Waals surface area contributed by atoms with Gasteiger partial charge in [0.2, 0.25) is 0 Å². The predicted molar refractivity (Wildman–Crippen MR) is 88.9 cm³/mol. The van der Waals surface area contributed by atoms with E-state index in [2.05, 4.69) is 15.0 Å². The molecule has 8 nitrogen and oxygen atoms in total. The Hall–Kier alpha value is -3.03. The van der Waals surface area contributed by atoms with Crippen molar-refractivity contribution < 1.29 is 19.1 Å². The average Bonchev–Trinajstić information content (AvgIpc) is 2.56. The minimum absolute atomic E-state index is 0.148. The van der Waals surface area contributed by atoms with Crippen molar-refractivity contribution in [3.63, 3.8) is 0 Å². The number of nitrogens with two attached hydrogens (primary N) is 1. The monoisotopic (exact) mass is 330 g/mol. The zero-order chi connectivity index (χ0) is 17.5. The van der Waals surface area contributed by atoms with Gasteiger partial charge >= 0.3 is 11.9 Å². The first-order valence-electron chi connectivity index (χ1n) is 7.44. The van der Waals surface area contributed by atoms with Crippen LogP contribution in [0.4, 0.5) is 11.5 Å². The van der Waals surface area contributed by atoms with E-state index in [-0.39, 0.29) is 13.2 Å². The van der Waals surface area contributed by atoms with Crippen LogP contribution in [0.5, 0.6) is 0 Å². The lowest BCUT2D eigenvalue weighted by molar-refractivity contribution is -0.157. The van der Waals surface area contributed by atoms with Crippen LogP contribution in [-0.2, 0) is 19.1 Å². The molecule has 1 heterocycles. The zero-order valence-electron chi connectivity index (χ0n) is 13.4. The number of fused-ring (bicyclic) bond motifs is 1. The highest BCUT2D eigenvalue weighted by atomic mass is 16.6. The lowest BCUT2D eigenvalue weighted by atomic mass is 10.1. The Bertz CT molecular complexity index is 758. The highest BCUT2D eigenvalue weighted by Crippen LogP contribution is 2.23. The first-order chi connectivity index (χ1) is 11.6. The van der Waals surface area contributed by atoms with Crippen molar-refractivity contribution in [3.05, 3.63) is 24.5 Å². The van der Waals surface area contributed by atoms with E-state index >= 15 is 0 Å². The normalized spacial score (nSPS) is 11.1. The second-order valence-electron chi connectivity index (χ2n) is 4.73. The summed E-state index contributed by atoms with van der Waals surface area (Å²) >= 11 is 0. The molecule has 0 bridgehead atoms. The minimum atomic E-state index is -1.25. The van der Waals surface area contributed by atoms with Crippen molar-refractivity contribution >= 4 is 40.6 Å². The second kappa shape index (κ2) is 8.00. The Kier molecular flexibility index (Phi) is 5.78. The van der Waals surface area contributed by atoms with E-state index < -0.39 is 17.9 Å². The maximum atomic E-state index is 11.9. The topological polar surface area (TPSA) is 117 Å². The molecule has 0 aliphatic rings. The summed E-state index contributed by atoms with van der Waals surface area (Å²) in [7, 11) is 0. The number of anilines is 1. The molecule has 24 heavy (non-hydrogen) atoms. The lowest BCUT2D eigenvalue weighted by Gasteiger charge is -2.10. The van der Waals surface area contributed by atoms with Crippen molar-refractivity contribution in [2.24, 2.45) is 10.9 Å². The summed E-state index contributed by atoms with van der Waals surface area (Å²) < 4.78 is 9.77. The number of nitrogens with zero attached hydrogens (tertiary/aromatic N) is 3. The van der Waals surface area contributed by atoms with Gasteiger partial charge in [-0.3, -0.25) is 9.59 Å². The van der Waals surface area contributed by atoms with Gasteiger partial charge in [0.15, 0.2) is 11.7 Å². The number of hydrogen-bond donors (Lipinski definition) is 1. The maximum Gasteiger partial charge on any atom is 0.325 e. The van der Waals surface area contributed by atoms with Crippen molar-refractivity contribution in [1.82, 2.24) is 9.97 Å². The fourth-order valence-corrected chi connectivity index (χ4v) is 1.99. The molecule has 0 saturated heterocycles. The number of rotatable bonds is 6. The molecule has 1 aromatic carbocycles. The van der Waals surface area contributed by atoms with E-state index in [1.165, 1.54) is 12.5 Å². The van der Waals surface area contributed by atoms with Gasteiger partial charge in [-0.2, -0.15) is 0 Å². The number of aromatic nitrogens is 2. The van der Waals surface area contributed by atoms with Crippen molar-refractivity contribution in [3.8, 4) is 0 Å². The summed E-state index contributed by atoms with van der Waals surface area (Å²) in [6, 6.07) is 5.12. The van der Waals surface area contributed by atoms with Gasteiger partial charge in [0.05, 0.1) is 18.7 Å². The molecule has 1 aromatic heterocycles. The first-order valence-corrected chi connectivity index (χ1v) is 7.44. The van der Waals surface area contributed by atoms with E-state index in [9.17, 15) is 9.59 Å². The standard InChI is InChI=1S/C16H18N4O4/c1-3-23-15(21)12(16(22)24-4-2)8-18-14-11-7-10(17)5-6-13(11)19-9-20-14/h5-9,12H,3-4,17H2,1-2H3. The van der Waals surface area contributed by atoms with Crippen LogP contribution in [0.2, 0.25) is 0 Å². The number of ether oxygens (including phenoxy) is 2. The molecule has 8 heteroatoms. The summed E-state index contributed by atoms with van der Waals surface area (Å²) in [5, 5.41) is 0.611. The van der Waals surface area contributed by atoms with Crippen LogP contribution in [0.15, 0.2) is 29.5 Å². The van der Waals surface area contributed by atoms with Crippen LogP contribution in [0, 0.1) is 5.92 Å². The van der Waals surface area contributed by atoms with Crippen LogP contribution in [0.3, 0.4) is 0 Å². The van der Waals surface area contributed by atoms with Gasteiger partial charge in [-0.1, -0.05) is 0 Å². The third kappa shape index (κ3) is 4.03. The molecule has 2 N–H and O–H groups in total. The highest BCUT2D eigenvalue weighted by molar-refractivity contribution is 6.09. The number of carbonyl (C=O) groups is 2. The molecule has 0 aliphatic heterocycles. The van der Waals surface area contributed by atoms with E-state index in [1.807, 2.05) is 0 Å². The van der Waals surface area contributed by atoms with Crippen LogP contribution >= 0.6 is 0 Å². The minimum Gasteiger partial charge on any atom is -0.465 e. The number of nitrogen functional groups attached to an aromatic ring is 1. The van der Waals surface area contributed by atoms with Gasteiger partial charge in [-0.15, -0.1) is 0 Å². The largest absolute Gasteiger partial charge is 0.465 e. The quantitative estimate of drug-likeness (QED) is 0.370. The Balaban J connectivity index is 2.36. The van der Waals surface area contributed by atoms with Crippen LogP contribution in [-0.4, -0.2) is 41.3 Å². The summed E-state index contributed by atoms with van der Waals surface area (Å²) in [5.74, 6) is -2.41. The van der Waals surface area contributed by atoms with E-state index in [4.69, 9.17) is 15.2 Å². The van der Waals surface area contributed by atoms with E-state index in [0.717, 1.165) is 0 Å². The molecular formula is C16H18N4O4. The fraction of sp³-hybridized carbons (Fsp3) is 0.312. The van der Waals surface area contributed by atoms with E-state index in [0.29, 0.717) is 22.4 Å². The first kappa shape index (κ1) is 17.3. The average molecular weight is 330 g/mol. The lowest BCUT2D eigenvalue weighted by Crippen LogP contribution is -2.29. The molecule has 2 aromatic rings. The highest BCUT2D eigenvalue weighted by Gasteiger charge is 2.27. The van der Waals surface area contributed by atoms with Gasteiger partial charge < -0.3 is 15.2 Å². The fourth-order valence-electron chi connectivity index (χ4n) is 1.99. The Morgan fingerprint density at radius 1 is 1.21 bits per heavy atom. The van der Waals surface area contributed by atoms with Gasteiger partial charge in [0.1, 0.15) is 6.33 Å². The summed E-state index contributed by atoms with van der Waals surface area (Å²) in [4.78, 5) is 36.2. The van der Waals surface area contributed by atoms with Crippen LogP contribution in [0.1, 0.15) is 13.8 Å². The predicted octanol–water partition coefficient (Wildman–Crippen LogP) is 1.66. The van der Waals surface area contributed by atoms with Crippen LogP contribution in [0.25, 0.3) is 10.9 Å².